The van der Waals surface area contributed by atoms with Crippen molar-refractivity contribution in [3.05, 3.63) is 0 Å². The summed E-state index contributed by atoms with van der Waals surface area (Å²) in [6.45, 7) is 1.10. The first-order chi connectivity index (χ1) is 8.97. The number of unbranched alkanes of at least 4 members (excludes halogenated alkanes) is 4. The van der Waals surface area contributed by atoms with Gasteiger partial charge in [0.2, 0.25) is 5.91 Å². The Bertz CT molecular complexity index is 273. The lowest BCUT2D eigenvalue weighted by Crippen LogP contribution is -2.42. The Labute approximate surface area is 121 Å². The molecule has 0 heterocycles. The van der Waals surface area contributed by atoms with E-state index in [9.17, 15) is 9.59 Å². The lowest BCUT2D eigenvalue weighted by Gasteiger charge is -2.11. The van der Waals surface area contributed by atoms with Gasteiger partial charge in [0.1, 0.15) is 6.04 Å². The molecule has 0 aromatic carbocycles. The summed E-state index contributed by atoms with van der Waals surface area (Å²) < 4.78 is 0. The number of amides is 1. The minimum absolute atomic E-state index is 0.117. The first kappa shape index (κ1) is 18.2. The van der Waals surface area contributed by atoms with Gasteiger partial charge in [-0.2, -0.15) is 12.6 Å². The van der Waals surface area contributed by atoms with E-state index in [1.807, 2.05) is 0 Å². The van der Waals surface area contributed by atoms with Crippen LogP contribution in [0.25, 0.3) is 0 Å². The standard InChI is InChI=1S/C13H26N2O3S/c1-15(2)9-7-5-3-4-6-8-12(16)14-11(10-19)13(17)18/h11,19H,3-10H2,1-2H3,(H,14,16)(H,17,18). The SMILES string of the molecule is CN(C)CCCCCCCC(=O)NC(CS)C(=O)O. The molecule has 1 unspecified atom stereocenters. The molecule has 5 nitrogen and oxygen atoms in total. The van der Waals surface area contributed by atoms with Gasteiger partial charge in [0, 0.05) is 12.2 Å². The number of carboxylic acids is 1. The number of rotatable bonds is 11. The molecule has 0 saturated heterocycles. The van der Waals surface area contributed by atoms with Crippen molar-refractivity contribution in [2.24, 2.45) is 0 Å². The zero-order valence-electron chi connectivity index (χ0n) is 11.9. The lowest BCUT2D eigenvalue weighted by atomic mass is 10.1. The number of thiol groups is 1. The molecule has 0 fully saturated rings. The molecule has 0 rings (SSSR count). The van der Waals surface area contributed by atoms with E-state index in [0.29, 0.717) is 6.42 Å². The van der Waals surface area contributed by atoms with Gasteiger partial charge >= 0.3 is 5.97 Å². The van der Waals surface area contributed by atoms with Crippen LogP contribution in [0.4, 0.5) is 0 Å². The van der Waals surface area contributed by atoms with Gasteiger partial charge in [0.05, 0.1) is 0 Å². The minimum Gasteiger partial charge on any atom is -0.480 e. The summed E-state index contributed by atoms with van der Waals surface area (Å²) in [4.78, 5) is 24.3. The van der Waals surface area contributed by atoms with Crippen molar-refractivity contribution >= 4 is 24.5 Å². The number of nitrogens with one attached hydrogen (secondary N) is 1. The summed E-state index contributed by atoms with van der Waals surface area (Å²) in [5, 5.41) is 11.2. The zero-order valence-corrected chi connectivity index (χ0v) is 12.8. The van der Waals surface area contributed by atoms with Gasteiger partial charge in [-0.3, -0.25) is 4.79 Å². The predicted octanol–water partition coefficient (Wildman–Crippen LogP) is 1.39. The molecule has 0 aliphatic carbocycles. The third-order valence-electron chi connectivity index (χ3n) is 2.83. The summed E-state index contributed by atoms with van der Waals surface area (Å²) in [6.07, 6.45) is 5.70. The van der Waals surface area contributed by atoms with Crippen molar-refractivity contribution in [2.45, 2.75) is 44.6 Å². The van der Waals surface area contributed by atoms with Crippen LogP contribution in [0.2, 0.25) is 0 Å². The molecule has 0 aromatic rings. The Morgan fingerprint density at radius 2 is 1.74 bits per heavy atom. The van der Waals surface area contributed by atoms with Crippen molar-refractivity contribution in [3.63, 3.8) is 0 Å². The van der Waals surface area contributed by atoms with Crippen molar-refractivity contribution in [1.82, 2.24) is 10.2 Å². The van der Waals surface area contributed by atoms with E-state index in [2.05, 4.69) is 36.9 Å². The smallest absolute Gasteiger partial charge is 0.327 e. The third kappa shape index (κ3) is 10.8. The van der Waals surface area contributed by atoms with Gasteiger partial charge in [-0.25, -0.2) is 4.79 Å². The molecule has 2 N–H and O–H groups in total. The molecule has 0 aliphatic rings. The molecule has 112 valence electrons. The summed E-state index contributed by atoms with van der Waals surface area (Å²) in [6, 6.07) is -0.879. The molecule has 0 aliphatic heterocycles. The van der Waals surface area contributed by atoms with Crippen molar-refractivity contribution in [3.8, 4) is 0 Å². The molecular weight excluding hydrogens is 264 g/mol. The average Bonchev–Trinajstić information content (AvgIpc) is 2.34. The minimum atomic E-state index is -1.04. The maximum absolute atomic E-state index is 11.5. The Balaban J connectivity index is 3.51. The number of aliphatic carboxylic acids is 1. The van der Waals surface area contributed by atoms with Crippen LogP contribution in [-0.2, 0) is 9.59 Å². The Morgan fingerprint density at radius 3 is 2.26 bits per heavy atom. The van der Waals surface area contributed by atoms with E-state index < -0.39 is 12.0 Å². The molecule has 6 heteroatoms. The van der Waals surface area contributed by atoms with Gasteiger partial charge in [0.15, 0.2) is 0 Å². The second kappa shape index (κ2) is 11.1. The molecule has 1 atom stereocenters. The van der Waals surface area contributed by atoms with E-state index in [4.69, 9.17) is 5.11 Å². The van der Waals surface area contributed by atoms with Gasteiger partial charge in [-0.15, -0.1) is 0 Å². The van der Waals surface area contributed by atoms with Gasteiger partial charge in [-0.05, 0) is 33.5 Å². The van der Waals surface area contributed by atoms with E-state index >= 15 is 0 Å². The maximum Gasteiger partial charge on any atom is 0.327 e. The van der Waals surface area contributed by atoms with Crippen LogP contribution in [0.1, 0.15) is 38.5 Å². The van der Waals surface area contributed by atoms with Crippen LogP contribution >= 0.6 is 12.6 Å². The predicted molar refractivity (Wildman–Crippen MR) is 79.7 cm³/mol. The lowest BCUT2D eigenvalue weighted by molar-refractivity contribution is -0.141. The fraction of sp³-hybridized carbons (Fsp3) is 0.846. The van der Waals surface area contributed by atoms with E-state index in [1.165, 1.54) is 12.8 Å². The summed E-state index contributed by atoms with van der Waals surface area (Å²) in [5.41, 5.74) is 0. The molecule has 0 radical (unpaired) electrons. The highest BCUT2D eigenvalue weighted by Gasteiger charge is 2.17. The molecule has 0 aromatic heterocycles. The highest BCUT2D eigenvalue weighted by molar-refractivity contribution is 7.80. The van der Waals surface area contributed by atoms with Crippen LogP contribution < -0.4 is 5.32 Å². The largest absolute Gasteiger partial charge is 0.480 e. The Morgan fingerprint density at radius 1 is 1.16 bits per heavy atom. The summed E-state index contributed by atoms with van der Waals surface area (Å²) in [7, 11) is 4.12. The van der Waals surface area contributed by atoms with Gasteiger partial charge in [-0.1, -0.05) is 19.3 Å². The monoisotopic (exact) mass is 290 g/mol. The number of nitrogens with zero attached hydrogens (tertiary/aromatic N) is 1. The van der Waals surface area contributed by atoms with Gasteiger partial charge < -0.3 is 15.3 Å². The van der Waals surface area contributed by atoms with Gasteiger partial charge in [0.25, 0.3) is 0 Å². The first-order valence-corrected chi connectivity index (χ1v) is 7.38. The molecule has 0 spiro atoms. The Hall–Kier alpha value is -0.750. The number of carbonyl (C=O) groups excluding carboxylic acids is 1. The fourth-order valence-corrected chi connectivity index (χ4v) is 1.94. The summed E-state index contributed by atoms with van der Waals surface area (Å²) >= 11 is 3.89. The van der Waals surface area contributed by atoms with Crippen molar-refractivity contribution < 1.29 is 14.7 Å². The number of carboxylic acid groups (broad SMARTS) is 1. The highest BCUT2D eigenvalue weighted by atomic mass is 32.1. The van der Waals surface area contributed by atoms with Crippen molar-refractivity contribution in [1.29, 1.82) is 0 Å². The van der Waals surface area contributed by atoms with Crippen LogP contribution in [0.3, 0.4) is 0 Å². The van der Waals surface area contributed by atoms with Crippen LogP contribution in [0, 0.1) is 0 Å². The maximum atomic E-state index is 11.5. The van der Waals surface area contributed by atoms with E-state index in [0.717, 1.165) is 25.8 Å². The van der Waals surface area contributed by atoms with Crippen molar-refractivity contribution in [2.75, 3.05) is 26.4 Å². The van der Waals surface area contributed by atoms with E-state index in [-0.39, 0.29) is 11.7 Å². The normalized spacial score (nSPS) is 12.4. The molecule has 0 bridgehead atoms. The number of hydrogen-bond acceptors (Lipinski definition) is 4. The topological polar surface area (TPSA) is 69.6 Å². The second-order valence-corrected chi connectivity index (χ2v) is 5.33. The quantitative estimate of drug-likeness (QED) is 0.397. The van der Waals surface area contributed by atoms with Crippen LogP contribution in [0.15, 0.2) is 0 Å². The van der Waals surface area contributed by atoms with Crippen LogP contribution in [-0.4, -0.2) is 54.3 Å². The number of carbonyl (C=O) groups is 2. The molecule has 19 heavy (non-hydrogen) atoms. The van der Waals surface area contributed by atoms with E-state index in [1.54, 1.807) is 0 Å². The molecule has 0 saturated carbocycles. The second-order valence-electron chi connectivity index (χ2n) is 4.96. The Kier molecular flexibility index (Phi) is 10.7. The first-order valence-electron chi connectivity index (χ1n) is 6.75. The molecular formula is C13H26N2O3S. The highest BCUT2D eigenvalue weighted by Crippen LogP contribution is 2.06. The van der Waals surface area contributed by atoms with Crippen LogP contribution in [0.5, 0.6) is 0 Å². The fourth-order valence-electron chi connectivity index (χ4n) is 1.70. The molecule has 1 amide bonds. The third-order valence-corrected chi connectivity index (χ3v) is 3.19. The average molecular weight is 290 g/mol. The zero-order chi connectivity index (χ0) is 14.7. The summed E-state index contributed by atoms with van der Waals surface area (Å²) in [5.74, 6) is -1.12. The number of hydrogen-bond donors (Lipinski definition) is 3.